The summed E-state index contributed by atoms with van der Waals surface area (Å²) in [6.45, 7) is 5.17. The van der Waals surface area contributed by atoms with Crippen LogP contribution >= 0.6 is 0 Å². The van der Waals surface area contributed by atoms with Crippen LogP contribution in [0.15, 0.2) is 0 Å². The van der Waals surface area contributed by atoms with Gasteiger partial charge in [0.05, 0.1) is 19.3 Å². The first-order valence-corrected chi connectivity index (χ1v) is 3.81. The van der Waals surface area contributed by atoms with E-state index in [9.17, 15) is 0 Å². The predicted octanol–water partition coefficient (Wildman–Crippen LogP) is 1.45. The van der Waals surface area contributed by atoms with Gasteiger partial charge in [0.1, 0.15) is 0 Å². The van der Waals surface area contributed by atoms with Crippen LogP contribution in [0.1, 0.15) is 20.3 Å². The molecule has 0 aliphatic rings. The molecule has 2 nitrogen and oxygen atoms in total. The monoisotopic (exact) mass is 156 g/mol. The van der Waals surface area contributed by atoms with E-state index >= 15 is 0 Å². The lowest BCUT2D eigenvalue weighted by molar-refractivity contribution is 0.0119. The molecule has 0 N–H and O–H groups in total. The van der Waals surface area contributed by atoms with Crippen LogP contribution in [0, 0.1) is 11.8 Å². The zero-order chi connectivity index (χ0) is 8.53. The lowest BCUT2D eigenvalue weighted by Gasteiger charge is -2.09. The van der Waals surface area contributed by atoms with Crippen molar-refractivity contribution in [3.8, 4) is 11.8 Å². The zero-order valence-corrected chi connectivity index (χ0v) is 7.52. The van der Waals surface area contributed by atoms with Gasteiger partial charge in [-0.25, -0.2) is 0 Å². The lowest BCUT2D eigenvalue weighted by Crippen LogP contribution is -2.15. The van der Waals surface area contributed by atoms with Crippen LogP contribution in [0.5, 0.6) is 0 Å². The third-order valence-electron chi connectivity index (χ3n) is 1.21. The molecule has 11 heavy (non-hydrogen) atoms. The van der Waals surface area contributed by atoms with Crippen molar-refractivity contribution in [2.45, 2.75) is 26.4 Å². The van der Waals surface area contributed by atoms with Gasteiger partial charge in [0.15, 0.2) is 0 Å². The Bertz CT molecular complexity index is 132. The van der Waals surface area contributed by atoms with E-state index in [4.69, 9.17) is 9.47 Å². The van der Waals surface area contributed by atoms with E-state index in [-0.39, 0.29) is 6.10 Å². The average molecular weight is 156 g/mol. The zero-order valence-electron chi connectivity index (χ0n) is 7.52. The Kier molecular flexibility index (Phi) is 7.23. The van der Waals surface area contributed by atoms with Gasteiger partial charge >= 0.3 is 0 Å². The second-order valence-corrected chi connectivity index (χ2v) is 2.31. The maximum atomic E-state index is 5.36. The van der Waals surface area contributed by atoms with E-state index in [2.05, 4.69) is 11.8 Å². The summed E-state index contributed by atoms with van der Waals surface area (Å²) in [6, 6.07) is 0. The first-order valence-electron chi connectivity index (χ1n) is 3.81. The van der Waals surface area contributed by atoms with Crippen molar-refractivity contribution in [3.63, 3.8) is 0 Å². The van der Waals surface area contributed by atoms with Crippen LogP contribution in [0.3, 0.4) is 0 Å². The second-order valence-electron chi connectivity index (χ2n) is 2.31. The van der Waals surface area contributed by atoms with Gasteiger partial charge in [-0.05, 0) is 13.8 Å². The molecule has 0 aliphatic heterocycles. The van der Waals surface area contributed by atoms with Gasteiger partial charge in [0.25, 0.3) is 0 Å². The summed E-state index contributed by atoms with van der Waals surface area (Å²) in [5.74, 6) is 5.74. The van der Waals surface area contributed by atoms with Crippen molar-refractivity contribution in [3.05, 3.63) is 0 Å². The van der Waals surface area contributed by atoms with Gasteiger partial charge in [0.2, 0.25) is 0 Å². The Morgan fingerprint density at radius 3 is 2.73 bits per heavy atom. The third kappa shape index (κ3) is 7.38. The van der Waals surface area contributed by atoms with Gasteiger partial charge in [-0.15, -0.1) is 11.8 Å². The van der Waals surface area contributed by atoms with E-state index in [0.717, 1.165) is 6.42 Å². The number of ether oxygens (including phenoxy) is 2. The molecule has 0 aromatic carbocycles. The molecular formula is C9H16O2. The van der Waals surface area contributed by atoms with Crippen molar-refractivity contribution in [1.82, 2.24) is 0 Å². The minimum atomic E-state index is 0.179. The Labute approximate surface area is 68.9 Å². The summed E-state index contributed by atoms with van der Waals surface area (Å²) in [5, 5.41) is 0. The number of methoxy groups -OCH3 is 1. The van der Waals surface area contributed by atoms with Crippen molar-refractivity contribution in [1.29, 1.82) is 0 Å². The molecule has 64 valence electrons. The molecule has 0 saturated carbocycles. The topological polar surface area (TPSA) is 18.5 Å². The fourth-order valence-corrected chi connectivity index (χ4v) is 0.719. The molecule has 1 unspecified atom stereocenters. The third-order valence-corrected chi connectivity index (χ3v) is 1.21. The highest BCUT2D eigenvalue weighted by Gasteiger charge is 1.98. The van der Waals surface area contributed by atoms with Crippen molar-refractivity contribution >= 4 is 0 Å². The summed E-state index contributed by atoms with van der Waals surface area (Å²) >= 11 is 0. The molecule has 0 saturated heterocycles. The van der Waals surface area contributed by atoms with Gasteiger partial charge in [-0.3, -0.25) is 0 Å². The molecule has 0 fully saturated rings. The van der Waals surface area contributed by atoms with E-state index in [1.165, 1.54) is 0 Å². The highest BCUT2D eigenvalue weighted by atomic mass is 16.5. The van der Waals surface area contributed by atoms with Gasteiger partial charge < -0.3 is 9.47 Å². The van der Waals surface area contributed by atoms with Crippen molar-refractivity contribution < 1.29 is 9.47 Å². The highest BCUT2D eigenvalue weighted by molar-refractivity contribution is 4.94. The summed E-state index contributed by atoms with van der Waals surface area (Å²) in [6.07, 6.45) is 0.989. The van der Waals surface area contributed by atoms with Crippen LogP contribution in [0.25, 0.3) is 0 Å². The first-order chi connectivity index (χ1) is 5.31. The fraction of sp³-hybridized carbons (Fsp3) is 0.778. The molecule has 1 atom stereocenters. The number of hydrogen-bond acceptors (Lipinski definition) is 2. The van der Waals surface area contributed by atoms with Crippen molar-refractivity contribution in [2.75, 3.05) is 20.3 Å². The largest absolute Gasteiger partial charge is 0.382 e. The SMILES string of the molecule is CC#CCCOC(C)COC. The average Bonchev–Trinajstić information content (AvgIpc) is 1.99. The minimum absolute atomic E-state index is 0.179. The standard InChI is InChI=1S/C9H16O2/c1-4-5-6-7-11-9(2)8-10-3/h9H,6-8H2,1-3H3. The van der Waals surface area contributed by atoms with Crippen LogP contribution in [0.4, 0.5) is 0 Å². The fourth-order valence-electron chi connectivity index (χ4n) is 0.719. The summed E-state index contributed by atoms with van der Waals surface area (Å²) < 4.78 is 10.3. The van der Waals surface area contributed by atoms with E-state index in [1.807, 2.05) is 13.8 Å². The van der Waals surface area contributed by atoms with Crippen LogP contribution in [-0.4, -0.2) is 26.4 Å². The van der Waals surface area contributed by atoms with E-state index in [1.54, 1.807) is 7.11 Å². The quantitative estimate of drug-likeness (QED) is 0.443. The Balaban J connectivity index is 3.14. The number of hydrogen-bond donors (Lipinski definition) is 0. The van der Waals surface area contributed by atoms with E-state index in [0.29, 0.717) is 13.2 Å². The van der Waals surface area contributed by atoms with E-state index < -0.39 is 0 Å². The van der Waals surface area contributed by atoms with Gasteiger partial charge in [-0.2, -0.15) is 0 Å². The molecule has 0 aliphatic carbocycles. The summed E-state index contributed by atoms with van der Waals surface area (Å²) in [4.78, 5) is 0. The molecular weight excluding hydrogens is 140 g/mol. The summed E-state index contributed by atoms with van der Waals surface area (Å²) in [7, 11) is 1.67. The van der Waals surface area contributed by atoms with Crippen LogP contribution < -0.4 is 0 Å². The maximum absolute atomic E-state index is 5.36. The minimum Gasteiger partial charge on any atom is -0.382 e. The second kappa shape index (κ2) is 7.59. The molecule has 2 heteroatoms. The van der Waals surface area contributed by atoms with Crippen LogP contribution in [-0.2, 0) is 9.47 Å². The lowest BCUT2D eigenvalue weighted by atomic mass is 10.4. The molecule has 0 aromatic rings. The predicted molar refractivity (Wildman–Crippen MR) is 45.4 cm³/mol. The molecule has 0 rings (SSSR count). The molecule has 0 spiro atoms. The smallest absolute Gasteiger partial charge is 0.0780 e. The maximum Gasteiger partial charge on any atom is 0.0780 e. The van der Waals surface area contributed by atoms with Crippen molar-refractivity contribution in [2.24, 2.45) is 0 Å². The molecule has 0 amide bonds. The van der Waals surface area contributed by atoms with Gasteiger partial charge in [-0.1, -0.05) is 0 Å². The Morgan fingerprint density at radius 1 is 1.45 bits per heavy atom. The first kappa shape index (κ1) is 10.5. The Hall–Kier alpha value is -0.520. The highest BCUT2D eigenvalue weighted by Crippen LogP contribution is 1.91. The molecule has 0 aromatic heterocycles. The normalized spacial score (nSPS) is 11.9. The number of rotatable bonds is 5. The molecule has 0 heterocycles. The summed E-state index contributed by atoms with van der Waals surface area (Å²) in [5.41, 5.74) is 0. The van der Waals surface area contributed by atoms with Gasteiger partial charge in [0, 0.05) is 13.5 Å². The van der Waals surface area contributed by atoms with Crippen LogP contribution in [0.2, 0.25) is 0 Å². The molecule has 0 radical (unpaired) electrons. The Morgan fingerprint density at radius 2 is 2.18 bits per heavy atom. The molecule has 0 bridgehead atoms.